The molecule has 0 spiro atoms. The SMILES string of the molecule is CC(C)(C)OC(=O)NCCCN1CCN(C(=O)c2ccc3cc(CCNc4ccnc5ccc(C#N)cc45)ccc3c2)CC1. The third kappa shape index (κ3) is 8.03. The standard InChI is InChI=1S/C35H40N6O3/c1-35(2,3)44-34(43)39-13-4-16-40-17-19-41(20-18-40)33(42)29-9-8-27-21-25(5-7-28(27)23-29)11-14-37-32-12-15-38-31-10-6-26(24-36)22-30(31)32/h5-10,12,15,21-23H,4,11,13-14,16-20H2,1-3H3,(H,37,38)(H,39,43). The predicted octanol–water partition coefficient (Wildman–Crippen LogP) is 5.59. The quantitative estimate of drug-likeness (QED) is 0.244. The van der Waals surface area contributed by atoms with Gasteiger partial charge in [0.2, 0.25) is 0 Å². The fraction of sp³-hybridized carbons (Fsp3) is 0.371. The molecule has 0 aliphatic carbocycles. The Morgan fingerprint density at radius 3 is 2.50 bits per heavy atom. The van der Waals surface area contributed by atoms with Gasteiger partial charge in [0.25, 0.3) is 5.91 Å². The van der Waals surface area contributed by atoms with Crippen LogP contribution in [0.3, 0.4) is 0 Å². The minimum Gasteiger partial charge on any atom is -0.444 e. The number of benzene rings is 3. The van der Waals surface area contributed by atoms with E-state index in [1.807, 2.05) is 62.1 Å². The third-order valence-electron chi connectivity index (χ3n) is 7.73. The zero-order valence-electron chi connectivity index (χ0n) is 25.7. The number of anilines is 1. The van der Waals surface area contributed by atoms with E-state index < -0.39 is 5.60 Å². The van der Waals surface area contributed by atoms with Crippen molar-refractivity contribution in [2.75, 3.05) is 51.1 Å². The van der Waals surface area contributed by atoms with E-state index in [0.29, 0.717) is 30.8 Å². The second-order valence-corrected chi connectivity index (χ2v) is 12.2. The van der Waals surface area contributed by atoms with Crippen LogP contribution in [0.5, 0.6) is 0 Å². The molecule has 9 heteroatoms. The number of pyridine rings is 1. The fourth-order valence-electron chi connectivity index (χ4n) is 5.46. The van der Waals surface area contributed by atoms with Crippen LogP contribution in [0.4, 0.5) is 10.5 Å². The first-order valence-corrected chi connectivity index (χ1v) is 15.2. The smallest absolute Gasteiger partial charge is 0.407 e. The molecule has 228 valence electrons. The highest BCUT2D eigenvalue weighted by molar-refractivity contribution is 5.99. The number of fused-ring (bicyclic) bond motifs is 2. The Bertz CT molecular complexity index is 1680. The number of nitrogens with one attached hydrogen (secondary N) is 2. The van der Waals surface area contributed by atoms with Crippen LogP contribution in [-0.4, -0.2) is 78.2 Å². The lowest BCUT2D eigenvalue weighted by molar-refractivity contribution is 0.0518. The topological polar surface area (TPSA) is 111 Å². The molecule has 1 aromatic heterocycles. The van der Waals surface area contributed by atoms with Gasteiger partial charge in [-0.3, -0.25) is 14.7 Å². The maximum absolute atomic E-state index is 13.3. The number of amides is 2. The summed E-state index contributed by atoms with van der Waals surface area (Å²) in [6, 6.07) is 22.0. The number of carbonyl (C=O) groups is 2. The van der Waals surface area contributed by atoms with Crippen molar-refractivity contribution in [3.05, 3.63) is 83.6 Å². The first-order valence-electron chi connectivity index (χ1n) is 15.2. The van der Waals surface area contributed by atoms with Crippen LogP contribution in [0.25, 0.3) is 21.7 Å². The summed E-state index contributed by atoms with van der Waals surface area (Å²) in [4.78, 5) is 33.8. The molecule has 9 nitrogen and oxygen atoms in total. The maximum atomic E-state index is 13.3. The van der Waals surface area contributed by atoms with Gasteiger partial charge in [-0.1, -0.05) is 24.3 Å². The van der Waals surface area contributed by atoms with Crippen LogP contribution in [0.15, 0.2) is 66.9 Å². The minimum atomic E-state index is -0.498. The Hall–Kier alpha value is -4.68. The molecule has 44 heavy (non-hydrogen) atoms. The number of nitriles is 1. The summed E-state index contributed by atoms with van der Waals surface area (Å²) >= 11 is 0. The van der Waals surface area contributed by atoms with Crippen LogP contribution in [0.1, 0.15) is 48.7 Å². The molecule has 1 aliphatic rings. The highest BCUT2D eigenvalue weighted by atomic mass is 16.6. The zero-order valence-corrected chi connectivity index (χ0v) is 25.7. The summed E-state index contributed by atoms with van der Waals surface area (Å²) in [7, 11) is 0. The van der Waals surface area contributed by atoms with E-state index in [4.69, 9.17) is 4.74 Å². The zero-order chi connectivity index (χ0) is 31.1. The highest BCUT2D eigenvalue weighted by Crippen LogP contribution is 2.24. The number of aromatic nitrogens is 1. The lowest BCUT2D eigenvalue weighted by Crippen LogP contribution is -2.49. The second-order valence-electron chi connectivity index (χ2n) is 12.2. The van der Waals surface area contributed by atoms with Gasteiger partial charge in [-0.25, -0.2) is 4.79 Å². The van der Waals surface area contributed by atoms with Crippen molar-refractivity contribution in [3.8, 4) is 6.07 Å². The molecule has 0 radical (unpaired) electrons. The van der Waals surface area contributed by atoms with Crippen LogP contribution >= 0.6 is 0 Å². The van der Waals surface area contributed by atoms with E-state index in [-0.39, 0.29) is 12.0 Å². The van der Waals surface area contributed by atoms with Crippen LogP contribution in [0.2, 0.25) is 0 Å². The lowest BCUT2D eigenvalue weighted by atomic mass is 10.0. The minimum absolute atomic E-state index is 0.0653. The molecule has 1 fully saturated rings. The summed E-state index contributed by atoms with van der Waals surface area (Å²) in [5.41, 5.74) is 3.86. The molecule has 0 unspecified atom stereocenters. The number of alkyl carbamates (subject to hydrolysis) is 1. The molecule has 5 rings (SSSR count). The summed E-state index contributed by atoms with van der Waals surface area (Å²) in [6.07, 6.45) is 3.06. The predicted molar refractivity (Wildman–Crippen MR) is 174 cm³/mol. The van der Waals surface area contributed by atoms with E-state index in [9.17, 15) is 14.9 Å². The molecule has 0 saturated carbocycles. The Morgan fingerprint density at radius 1 is 0.955 bits per heavy atom. The Labute approximate surface area is 258 Å². The maximum Gasteiger partial charge on any atom is 0.407 e. The summed E-state index contributed by atoms with van der Waals surface area (Å²) in [5.74, 6) is 0.0653. The van der Waals surface area contributed by atoms with E-state index in [1.54, 1.807) is 12.3 Å². The van der Waals surface area contributed by atoms with Gasteiger partial charge in [-0.05, 0) is 92.9 Å². The number of rotatable bonds is 9. The Balaban J connectivity index is 1.09. The number of hydrogen-bond acceptors (Lipinski definition) is 7. The van der Waals surface area contributed by atoms with Crippen molar-refractivity contribution >= 4 is 39.4 Å². The molecular formula is C35H40N6O3. The van der Waals surface area contributed by atoms with Crippen molar-refractivity contribution in [3.63, 3.8) is 0 Å². The van der Waals surface area contributed by atoms with Gasteiger partial charge in [0.1, 0.15) is 5.60 Å². The third-order valence-corrected chi connectivity index (χ3v) is 7.73. The molecule has 0 atom stereocenters. The van der Waals surface area contributed by atoms with Gasteiger partial charge in [-0.15, -0.1) is 0 Å². The molecule has 3 aromatic carbocycles. The highest BCUT2D eigenvalue weighted by Gasteiger charge is 2.22. The number of carbonyl (C=O) groups excluding carboxylic acids is 2. The lowest BCUT2D eigenvalue weighted by Gasteiger charge is -2.34. The van der Waals surface area contributed by atoms with Crippen LogP contribution in [0, 0.1) is 11.3 Å². The number of hydrogen-bond donors (Lipinski definition) is 2. The monoisotopic (exact) mass is 592 g/mol. The van der Waals surface area contributed by atoms with E-state index in [2.05, 4.69) is 44.8 Å². The van der Waals surface area contributed by atoms with Crippen molar-refractivity contribution in [1.82, 2.24) is 20.1 Å². The molecule has 1 saturated heterocycles. The van der Waals surface area contributed by atoms with Gasteiger partial charge in [-0.2, -0.15) is 5.26 Å². The number of ether oxygens (including phenoxy) is 1. The van der Waals surface area contributed by atoms with E-state index >= 15 is 0 Å². The molecular weight excluding hydrogens is 552 g/mol. The summed E-state index contributed by atoms with van der Waals surface area (Å²) < 4.78 is 5.27. The van der Waals surface area contributed by atoms with E-state index in [0.717, 1.165) is 66.4 Å². The van der Waals surface area contributed by atoms with Gasteiger partial charge >= 0.3 is 6.09 Å². The van der Waals surface area contributed by atoms with E-state index in [1.165, 1.54) is 5.56 Å². The van der Waals surface area contributed by atoms with Crippen LogP contribution < -0.4 is 10.6 Å². The summed E-state index contributed by atoms with van der Waals surface area (Å²) in [6.45, 7) is 10.7. The first kappa shape index (κ1) is 30.8. The molecule has 1 aliphatic heterocycles. The number of piperazine rings is 1. The first-order chi connectivity index (χ1) is 21.2. The second kappa shape index (κ2) is 13.7. The van der Waals surface area contributed by atoms with Gasteiger partial charge in [0, 0.05) is 62.1 Å². The van der Waals surface area contributed by atoms with Gasteiger partial charge in [0.05, 0.1) is 17.1 Å². The average molecular weight is 593 g/mol. The molecule has 0 bridgehead atoms. The average Bonchev–Trinajstić information content (AvgIpc) is 3.02. The van der Waals surface area contributed by atoms with Gasteiger partial charge < -0.3 is 20.3 Å². The number of nitrogens with zero attached hydrogens (tertiary/aromatic N) is 4. The van der Waals surface area contributed by atoms with Crippen LogP contribution in [-0.2, 0) is 11.2 Å². The molecule has 4 aromatic rings. The molecule has 2 heterocycles. The Kier molecular flexibility index (Phi) is 9.61. The fourth-order valence-corrected chi connectivity index (χ4v) is 5.46. The van der Waals surface area contributed by atoms with Crippen molar-refractivity contribution < 1.29 is 14.3 Å². The molecule has 2 N–H and O–H groups in total. The van der Waals surface area contributed by atoms with Crippen molar-refractivity contribution in [1.29, 1.82) is 5.26 Å². The Morgan fingerprint density at radius 2 is 1.73 bits per heavy atom. The largest absolute Gasteiger partial charge is 0.444 e. The normalized spacial score (nSPS) is 13.9. The van der Waals surface area contributed by atoms with Gasteiger partial charge in [0.15, 0.2) is 0 Å². The van der Waals surface area contributed by atoms with Crippen molar-refractivity contribution in [2.45, 2.75) is 39.2 Å². The summed E-state index contributed by atoms with van der Waals surface area (Å²) in [5, 5.41) is 18.7. The van der Waals surface area contributed by atoms with Crippen molar-refractivity contribution in [2.24, 2.45) is 0 Å². The molecule has 2 amide bonds.